The third-order valence-electron chi connectivity index (χ3n) is 3.15. The zero-order chi connectivity index (χ0) is 15.3. The summed E-state index contributed by atoms with van der Waals surface area (Å²) in [6.45, 7) is 2.23. The van der Waals surface area contributed by atoms with Crippen LogP contribution in [0.25, 0.3) is 0 Å². The van der Waals surface area contributed by atoms with Crippen molar-refractivity contribution in [3.05, 3.63) is 59.7 Å². The van der Waals surface area contributed by atoms with E-state index >= 15 is 0 Å². The maximum atomic E-state index is 12.2. The van der Waals surface area contributed by atoms with E-state index in [-0.39, 0.29) is 17.2 Å². The molecule has 21 heavy (non-hydrogen) atoms. The van der Waals surface area contributed by atoms with E-state index in [1.807, 2.05) is 12.1 Å². The Morgan fingerprint density at radius 2 is 1.76 bits per heavy atom. The number of sulfonamides is 1. The largest absolute Gasteiger partial charge is 0.508 e. The summed E-state index contributed by atoms with van der Waals surface area (Å²) in [5.74, 6) is 0.121. The van der Waals surface area contributed by atoms with Crippen molar-refractivity contribution >= 4 is 10.0 Å². The molecule has 0 heterocycles. The normalized spacial score (nSPS) is 11.5. The van der Waals surface area contributed by atoms with Crippen molar-refractivity contribution in [3.8, 4) is 5.75 Å². The number of aryl methyl sites for hydroxylation is 1. The fourth-order valence-corrected chi connectivity index (χ4v) is 3.07. The first-order valence-corrected chi connectivity index (χ1v) is 8.36. The van der Waals surface area contributed by atoms with Crippen LogP contribution in [0.5, 0.6) is 5.75 Å². The lowest BCUT2D eigenvalue weighted by molar-refractivity contribution is 0.474. The Labute approximate surface area is 125 Å². The highest BCUT2D eigenvalue weighted by Crippen LogP contribution is 2.14. The van der Waals surface area contributed by atoms with Crippen LogP contribution < -0.4 is 4.72 Å². The van der Waals surface area contributed by atoms with E-state index in [1.54, 1.807) is 30.3 Å². The van der Waals surface area contributed by atoms with Crippen LogP contribution in [0.4, 0.5) is 0 Å². The third kappa shape index (κ3) is 4.31. The number of phenols is 1. The summed E-state index contributed by atoms with van der Waals surface area (Å²) < 4.78 is 26.9. The minimum Gasteiger partial charge on any atom is -0.508 e. The van der Waals surface area contributed by atoms with Gasteiger partial charge in [-0.25, -0.2) is 13.1 Å². The number of nitrogens with one attached hydrogen (secondary N) is 1. The second kappa shape index (κ2) is 6.74. The van der Waals surface area contributed by atoms with Crippen LogP contribution >= 0.6 is 0 Å². The van der Waals surface area contributed by atoms with Gasteiger partial charge in [0, 0.05) is 6.54 Å². The maximum Gasteiger partial charge on any atom is 0.240 e. The molecule has 0 atom stereocenters. The van der Waals surface area contributed by atoms with Gasteiger partial charge in [0.25, 0.3) is 0 Å². The van der Waals surface area contributed by atoms with E-state index < -0.39 is 10.0 Å². The number of hydrogen-bond donors (Lipinski definition) is 2. The van der Waals surface area contributed by atoms with Gasteiger partial charge in [0.2, 0.25) is 10.0 Å². The molecule has 0 spiro atoms. The first kappa shape index (κ1) is 15.5. The van der Waals surface area contributed by atoms with Crippen molar-refractivity contribution in [2.24, 2.45) is 0 Å². The van der Waals surface area contributed by atoms with Gasteiger partial charge in [-0.05, 0) is 41.8 Å². The monoisotopic (exact) mass is 305 g/mol. The first-order chi connectivity index (χ1) is 10.0. The van der Waals surface area contributed by atoms with Crippen LogP contribution in [-0.2, 0) is 23.0 Å². The Morgan fingerprint density at radius 3 is 2.38 bits per heavy atom. The van der Waals surface area contributed by atoms with Crippen molar-refractivity contribution < 1.29 is 13.5 Å². The van der Waals surface area contributed by atoms with Crippen molar-refractivity contribution in [2.75, 3.05) is 0 Å². The maximum absolute atomic E-state index is 12.2. The van der Waals surface area contributed by atoms with Gasteiger partial charge < -0.3 is 5.11 Å². The summed E-state index contributed by atoms with van der Waals surface area (Å²) in [5, 5.41) is 9.36. The molecule has 2 N–H and O–H groups in total. The molecule has 0 saturated heterocycles. The van der Waals surface area contributed by atoms with Crippen molar-refractivity contribution in [3.63, 3.8) is 0 Å². The van der Waals surface area contributed by atoms with E-state index in [0.717, 1.165) is 18.4 Å². The van der Waals surface area contributed by atoms with E-state index in [9.17, 15) is 13.5 Å². The Kier molecular flexibility index (Phi) is 4.98. The number of benzene rings is 2. The summed E-state index contributed by atoms with van der Waals surface area (Å²) in [6.07, 6.45) is 1.97. The fourth-order valence-electron chi connectivity index (χ4n) is 2.05. The molecule has 0 aliphatic heterocycles. The minimum atomic E-state index is -3.53. The molecule has 0 radical (unpaired) electrons. The molecule has 0 amide bonds. The Bertz CT molecular complexity index is 694. The van der Waals surface area contributed by atoms with E-state index in [1.165, 1.54) is 6.07 Å². The lowest BCUT2D eigenvalue weighted by Gasteiger charge is -2.08. The lowest BCUT2D eigenvalue weighted by atomic mass is 10.1. The first-order valence-electron chi connectivity index (χ1n) is 6.88. The zero-order valence-electron chi connectivity index (χ0n) is 11.9. The van der Waals surface area contributed by atoms with Gasteiger partial charge in [-0.3, -0.25) is 0 Å². The number of aromatic hydroxyl groups is 1. The Morgan fingerprint density at radius 1 is 1.05 bits per heavy atom. The molecule has 0 bridgehead atoms. The van der Waals surface area contributed by atoms with Crippen LogP contribution in [0.15, 0.2) is 53.4 Å². The highest BCUT2D eigenvalue weighted by molar-refractivity contribution is 7.89. The summed E-state index contributed by atoms with van der Waals surface area (Å²) in [7, 11) is -3.53. The molecular formula is C16H19NO3S. The number of hydrogen-bond acceptors (Lipinski definition) is 3. The SMILES string of the molecule is CCCc1ccc(S(=O)(=O)NCc2cccc(O)c2)cc1. The molecule has 0 aliphatic rings. The zero-order valence-corrected chi connectivity index (χ0v) is 12.7. The van der Waals surface area contributed by atoms with Gasteiger partial charge in [-0.15, -0.1) is 0 Å². The van der Waals surface area contributed by atoms with Gasteiger partial charge in [0.15, 0.2) is 0 Å². The highest BCUT2D eigenvalue weighted by atomic mass is 32.2. The molecule has 2 aromatic carbocycles. The molecule has 2 rings (SSSR count). The summed E-state index contributed by atoms with van der Waals surface area (Å²) in [4.78, 5) is 0.252. The molecule has 112 valence electrons. The minimum absolute atomic E-state index is 0.121. The predicted molar refractivity (Wildman–Crippen MR) is 82.6 cm³/mol. The number of rotatable bonds is 6. The Balaban J connectivity index is 2.07. The highest BCUT2D eigenvalue weighted by Gasteiger charge is 2.13. The molecule has 0 unspecified atom stereocenters. The average molecular weight is 305 g/mol. The fraction of sp³-hybridized carbons (Fsp3) is 0.250. The molecule has 0 saturated carbocycles. The summed E-state index contributed by atoms with van der Waals surface area (Å²) in [6, 6.07) is 13.4. The quantitative estimate of drug-likeness (QED) is 0.862. The second-order valence-electron chi connectivity index (χ2n) is 4.89. The molecule has 0 fully saturated rings. The molecule has 4 nitrogen and oxygen atoms in total. The smallest absolute Gasteiger partial charge is 0.240 e. The van der Waals surface area contributed by atoms with E-state index in [0.29, 0.717) is 5.56 Å². The third-order valence-corrected chi connectivity index (χ3v) is 4.57. The lowest BCUT2D eigenvalue weighted by Crippen LogP contribution is -2.23. The van der Waals surface area contributed by atoms with E-state index in [2.05, 4.69) is 11.6 Å². The van der Waals surface area contributed by atoms with Crippen LogP contribution in [-0.4, -0.2) is 13.5 Å². The topological polar surface area (TPSA) is 66.4 Å². The van der Waals surface area contributed by atoms with Crippen LogP contribution in [0.3, 0.4) is 0 Å². The van der Waals surface area contributed by atoms with Crippen molar-refractivity contribution in [1.82, 2.24) is 4.72 Å². The van der Waals surface area contributed by atoms with Gasteiger partial charge in [-0.2, -0.15) is 0 Å². The Hall–Kier alpha value is -1.85. The molecule has 2 aromatic rings. The molecule has 0 aliphatic carbocycles. The standard InChI is InChI=1S/C16H19NO3S/c1-2-4-13-7-9-16(10-8-13)21(19,20)17-12-14-5-3-6-15(18)11-14/h3,5-11,17-18H,2,4,12H2,1H3. The number of phenolic OH excluding ortho intramolecular Hbond substituents is 1. The molecule has 0 aromatic heterocycles. The van der Waals surface area contributed by atoms with Gasteiger partial charge in [0.05, 0.1) is 4.90 Å². The molecule has 5 heteroatoms. The van der Waals surface area contributed by atoms with Gasteiger partial charge in [-0.1, -0.05) is 37.6 Å². The summed E-state index contributed by atoms with van der Waals surface area (Å²) >= 11 is 0. The summed E-state index contributed by atoms with van der Waals surface area (Å²) in [5.41, 5.74) is 1.84. The van der Waals surface area contributed by atoms with Crippen molar-refractivity contribution in [1.29, 1.82) is 0 Å². The van der Waals surface area contributed by atoms with E-state index in [4.69, 9.17) is 0 Å². The molecular weight excluding hydrogens is 286 g/mol. The second-order valence-corrected chi connectivity index (χ2v) is 6.66. The predicted octanol–water partition coefficient (Wildman–Crippen LogP) is 2.82. The van der Waals surface area contributed by atoms with Gasteiger partial charge >= 0.3 is 0 Å². The average Bonchev–Trinajstić information content (AvgIpc) is 2.46. The van der Waals surface area contributed by atoms with Crippen LogP contribution in [0.2, 0.25) is 0 Å². The van der Waals surface area contributed by atoms with Crippen molar-refractivity contribution in [2.45, 2.75) is 31.2 Å². The van der Waals surface area contributed by atoms with Gasteiger partial charge in [0.1, 0.15) is 5.75 Å². The van der Waals surface area contributed by atoms with Crippen LogP contribution in [0, 0.1) is 0 Å². The van der Waals surface area contributed by atoms with Crippen LogP contribution in [0.1, 0.15) is 24.5 Å².